The topological polar surface area (TPSA) is 37.3 Å². The summed E-state index contributed by atoms with van der Waals surface area (Å²) in [5.41, 5.74) is -1.94. The van der Waals surface area contributed by atoms with Crippen molar-refractivity contribution in [2.45, 2.75) is 12.3 Å². The number of allylic oxidation sites excluding steroid dienone is 3. The number of hydrogen-bond donors (Lipinski definition) is 1. The van der Waals surface area contributed by atoms with Crippen LogP contribution in [0.5, 0.6) is 0 Å². The van der Waals surface area contributed by atoms with Crippen LogP contribution in [0, 0.1) is 17.5 Å². The largest absolute Gasteiger partial charge is 0.302 e. The average molecular weight is 345 g/mol. The Kier molecular flexibility index (Phi) is 4.23. The van der Waals surface area contributed by atoms with E-state index in [2.05, 4.69) is 0 Å². The van der Waals surface area contributed by atoms with Crippen molar-refractivity contribution in [1.82, 2.24) is 0 Å². The molecule has 1 unspecified atom stereocenters. The highest BCUT2D eigenvalue weighted by Gasteiger charge is 2.42. The minimum Gasteiger partial charge on any atom is -0.302 e. The van der Waals surface area contributed by atoms with Gasteiger partial charge in [0.1, 0.15) is 0 Å². The van der Waals surface area contributed by atoms with Gasteiger partial charge in [-0.2, -0.15) is 0 Å². The van der Waals surface area contributed by atoms with Gasteiger partial charge in [-0.05, 0) is 18.2 Å². The molecule has 0 fully saturated rings. The summed E-state index contributed by atoms with van der Waals surface area (Å²) in [4.78, 5) is -0.540. The Morgan fingerprint density at radius 1 is 1.19 bits per heavy atom. The highest BCUT2D eigenvalue weighted by Crippen LogP contribution is 2.45. The molecule has 21 heavy (non-hydrogen) atoms. The van der Waals surface area contributed by atoms with Crippen molar-refractivity contribution in [3.8, 4) is 0 Å². The number of benzene rings is 1. The van der Waals surface area contributed by atoms with Crippen molar-refractivity contribution < 1.29 is 30.7 Å². The molecule has 0 aliphatic heterocycles. The fourth-order valence-electron chi connectivity index (χ4n) is 1.85. The maximum absolute atomic E-state index is 13.9. The van der Waals surface area contributed by atoms with Gasteiger partial charge in [0, 0.05) is 16.2 Å². The third-order valence-corrected chi connectivity index (χ3v) is 4.02. The highest BCUT2D eigenvalue weighted by atomic mass is 35.5. The van der Waals surface area contributed by atoms with Crippen LogP contribution in [0.25, 0.3) is 5.57 Å². The Labute approximate surface area is 123 Å². The second-order valence-corrected chi connectivity index (χ2v) is 5.57. The van der Waals surface area contributed by atoms with E-state index in [-0.39, 0.29) is 0 Å². The van der Waals surface area contributed by atoms with Gasteiger partial charge in [-0.1, -0.05) is 11.6 Å². The fourth-order valence-corrected chi connectivity index (χ4v) is 2.75. The predicted octanol–water partition coefficient (Wildman–Crippen LogP) is 4.20. The van der Waals surface area contributed by atoms with Gasteiger partial charge >= 0.3 is 0 Å². The van der Waals surface area contributed by atoms with Gasteiger partial charge in [-0.3, -0.25) is 0 Å². The molecule has 9 heteroatoms. The van der Waals surface area contributed by atoms with Crippen LogP contribution in [0.2, 0.25) is 0 Å². The molecule has 0 saturated heterocycles. The summed E-state index contributed by atoms with van der Waals surface area (Å²) < 4.78 is 87.4. The molecule has 1 aromatic rings. The van der Waals surface area contributed by atoms with Crippen molar-refractivity contribution in [1.29, 1.82) is 0 Å². The van der Waals surface area contributed by atoms with E-state index >= 15 is 0 Å². The van der Waals surface area contributed by atoms with Gasteiger partial charge < -0.3 is 4.55 Å². The standard InChI is InChI=1S/C12H6ClF5O2S/c13-7-4-12(17,18)6(3-9(7)21(19)20)5-1-2-8(14)11(16)10(5)15/h1-3H,4H2,(H,19,20). The zero-order chi connectivity index (χ0) is 15.9. The minimum absolute atomic E-state index is 0.486. The van der Waals surface area contributed by atoms with Gasteiger partial charge in [-0.25, -0.2) is 26.2 Å². The van der Waals surface area contributed by atoms with E-state index in [0.29, 0.717) is 18.2 Å². The zero-order valence-electron chi connectivity index (χ0n) is 9.97. The second-order valence-electron chi connectivity index (χ2n) is 4.18. The highest BCUT2D eigenvalue weighted by molar-refractivity contribution is 7.83. The molecular weight excluding hydrogens is 339 g/mol. The molecule has 1 aliphatic carbocycles. The van der Waals surface area contributed by atoms with E-state index in [9.17, 15) is 26.2 Å². The van der Waals surface area contributed by atoms with Crippen LogP contribution in [0.15, 0.2) is 28.1 Å². The quantitative estimate of drug-likeness (QED) is 0.496. The van der Waals surface area contributed by atoms with Gasteiger partial charge in [0.2, 0.25) is 0 Å². The predicted molar refractivity (Wildman–Crippen MR) is 67.5 cm³/mol. The lowest BCUT2D eigenvalue weighted by Crippen LogP contribution is -2.24. The number of hydrogen-bond acceptors (Lipinski definition) is 1. The maximum atomic E-state index is 13.9. The fraction of sp³-hybridized carbons (Fsp3) is 0.167. The smallest absolute Gasteiger partial charge is 0.278 e. The van der Waals surface area contributed by atoms with E-state index in [1.807, 2.05) is 0 Å². The summed E-state index contributed by atoms with van der Waals surface area (Å²) in [6, 6.07) is 1.12. The van der Waals surface area contributed by atoms with Crippen molar-refractivity contribution in [3.63, 3.8) is 0 Å². The molecule has 0 radical (unpaired) electrons. The molecule has 0 heterocycles. The lowest BCUT2D eigenvalue weighted by Gasteiger charge is -2.25. The van der Waals surface area contributed by atoms with Crippen molar-refractivity contribution >= 4 is 28.3 Å². The monoisotopic (exact) mass is 344 g/mol. The van der Waals surface area contributed by atoms with Crippen molar-refractivity contribution in [2.75, 3.05) is 0 Å². The third kappa shape index (κ3) is 2.88. The van der Waals surface area contributed by atoms with E-state index < -0.39 is 61.9 Å². The van der Waals surface area contributed by atoms with Crippen LogP contribution in [0.1, 0.15) is 12.0 Å². The first-order chi connectivity index (χ1) is 9.65. The molecular formula is C12H6ClF5O2S. The zero-order valence-corrected chi connectivity index (χ0v) is 11.5. The van der Waals surface area contributed by atoms with E-state index in [0.717, 1.165) is 0 Å². The van der Waals surface area contributed by atoms with Crippen molar-refractivity contribution in [2.24, 2.45) is 0 Å². The van der Waals surface area contributed by atoms with Crippen LogP contribution in [-0.4, -0.2) is 14.7 Å². The summed E-state index contributed by atoms with van der Waals surface area (Å²) in [6.07, 6.45) is -0.627. The molecule has 1 aliphatic rings. The Balaban J connectivity index is 2.68. The van der Waals surface area contributed by atoms with Gasteiger partial charge in [0.15, 0.2) is 28.5 Å². The minimum atomic E-state index is -3.69. The van der Waals surface area contributed by atoms with E-state index in [1.165, 1.54) is 0 Å². The summed E-state index contributed by atoms with van der Waals surface area (Å²) >= 11 is 2.81. The molecule has 2 rings (SSSR count). The first kappa shape index (κ1) is 16.1. The summed E-state index contributed by atoms with van der Waals surface area (Å²) in [7, 11) is 0. The Morgan fingerprint density at radius 3 is 2.38 bits per heavy atom. The normalized spacial score (nSPS) is 19.5. The Bertz CT molecular complexity index is 699. The van der Waals surface area contributed by atoms with Crippen LogP contribution < -0.4 is 0 Å². The summed E-state index contributed by atoms with van der Waals surface area (Å²) in [5, 5.41) is -0.562. The molecule has 0 amide bonds. The molecule has 0 saturated carbocycles. The molecule has 0 aromatic heterocycles. The molecule has 114 valence electrons. The SMILES string of the molecule is O=S(O)C1=C(Cl)CC(F)(F)C(c2ccc(F)c(F)c2F)=C1. The van der Waals surface area contributed by atoms with Gasteiger partial charge in [-0.15, -0.1) is 0 Å². The van der Waals surface area contributed by atoms with Gasteiger partial charge in [0.25, 0.3) is 5.92 Å². The van der Waals surface area contributed by atoms with Crippen LogP contribution in [0.4, 0.5) is 22.0 Å². The molecule has 1 atom stereocenters. The lowest BCUT2D eigenvalue weighted by atomic mass is 9.93. The Hall–Kier alpha value is -1.25. The number of halogens is 6. The van der Waals surface area contributed by atoms with E-state index in [1.54, 1.807) is 0 Å². The first-order valence-corrected chi connectivity index (χ1v) is 6.87. The summed E-state index contributed by atoms with van der Waals surface area (Å²) in [5.74, 6) is -8.93. The van der Waals surface area contributed by atoms with Crippen molar-refractivity contribution in [3.05, 3.63) is 51.2 Å². The summed E-state index contributed by atoms with van der Waals surface area (Å²) in [6.45, 7) is 0. The maximum Gasteiger partial charge on any atom is 0.278 e. The molecule has 1 aromatic carbocycles. The average Bonchev–Trinajstić information content (AvgIpc) is 2.36. The molecule has 0 bridgehead atoms. The molecule has 2 nitrogen and oxygen atoms in total. The van der Waals surface area contributed by atoms with Crippen LogP contribution in [-0.2, 0) is 11.1 Å². The second kappa shape index (κ2) is 5.51. The van der Waals surface area contributed by atoms with E-state index in [4.69, 9.17) is 16.2 Å². The lowest BCUT2D eigenvalue weighted by molar-refractivity contribution is 0.0676. The third-order valence-electron chi connectivity index (χ3n) is 2.83. The Morgan fingerprint density at radius 2 is 1.81 bits per heavy atom. The van der Waals surface area contributed by atoms with Crippen LogP contribution >= 0.6 is 11.6 Å². The number of alkyl halides is 2. The molecule has 1 N–H and O–H groups in total. The van der Waals surface area contributed by atoms with Crippen LogP contribution in [0.3, 0.4) is 0 Å². The molecule has 0 spiro atoms. The van der Waals surface area contributed by atoms with Gasteiger partial charge in [0.05, 0.1) is 11.3 Å². The first-order valence-electron chi connectivity index (χ1n) is 5.38. The number of rotatable bonds is 2.